The van der Waals surface area contributed by atoms with Gasteiger partial charge in [-0.05, 0) is 37.6 Å². The molecule has 4 rings (SSSR count). The molecule has 0 saturated carbocycles. The van der Waals surface area contributed by atoms with E-state index in [-0.39, 0.29) is 5.91 Å². The highest BCUT2D eigenvalue weighted by Gasteiger charge is 2.31. The summed E-state index contributed by atoms with van der Waals surface area (Å²) < 4.78 is 11.2. The number of hydrogen-bond donors (Lipinski definition) is 1. The van der Waals surface area contributed by atoms with Crippen LogP contribution in [0.1, 0.15) is 31.9 Å². The molecule has 160 valence electrons. The number of rotatable bonds is 7. The van der Waals surface area contributed by atoms with Gasteiger partial charge in [-0.3, -0.25) is 14.6 Å². The van der Waals surface area contributed by atoms with Crippen molar-refractivity contribution in [3.63, 3.8) is 0 Å². The van der Waals surface area contributed by atoms with Gasteiger partial charge in [0.2, 0.25) is 5.91 Å². The van der Waals surface area contributed by atoms with Crippen molar-refractivity contribution in [2.75, 3.05) is 44.7 Å². The first-order valence-electron chi connectivity index (χ1n) is 10.9. The maximum Gasteiger partial charge on any atom is 0.238 e. The summed E-state index contributed by atoms with van der Waals surface area (Å²) in [5.41, 5.74) is 2.09. The summed E-state index contributed by atoms with van der Waals surface area (Å²) in [6, 6.07) is 17.0. The number of fused-ring (bicyclic) bond motifs is 1. The Morgan fingerprint density at radius 2 is 1.93 bits per heavy atom. The number of ether oxygens (including phenoxy) is 2. The van der Waals surface area contributed by atoms with Crippen LogP contribution in [0.5, 0.6) is 11.5 Å². The number of nitrogens with one attached hydrogen (secondary N) is 1. The minimum Gasteiger partial charge on any atom is -0.486 e. The maximum absolute atomic E-state index is 12.7. The van der Waals surface area contributed by atoms with E-state index in [2.05, 4.69) is 59.3 Å². The van der Waals surface area contributed by atoms with Crippen molar-refractivity contribution in [1.29, 1.82) is 0 Å². The lowest BCUT2D eigenvalue weighted by atomic mass is 10.1. The molecular weight excluding hydrogens is 378 g/mol. The zero-order valence-corrected chi connectivity index (χ0v) is 17.8. The fraction of sp³-hybridized carbons (Fsp3) is 0.458. The summed E-state index contributed by atoms with van der Waals surface area (Å²) in [6.45, 7) is 8.78. The van der Waals surface area contributed by atoms with E-state index in [4.69, 9.17) is 9.47 Å². The third kappa shape index (κ3) is 4.77. The van der Waals surface area contributed by atoms with E-state index in [9.17, 15) is 4.79 Å². The fourth-order valence-electron chi connectivity index (χ4n) is 4.37. The Kier molecular flexibility index (Phi) is 6.55. The van der Waals surface area contributed by atoms with Gasteiger partial charge in [-0.2, -0.15) is 0 Å². The van der Waals surface area contributed by atoms with Gasteiger partial charge in [0.15, 0.2) is 11.5 Å². The zero-order valence-electron chi connectivity index (χ0n) is 17.8. The second-order valence-electron chi connectivity index (χ2n) is 7.99. The molecule has 1 amide bonds. The Morgan fingerprint density at radius 1 is 1.17 bits per heavy atom. The van der Waals surface area contributed by atoms with Crippen molar-refractivity contribution in [2.24, 2.45) is 0 Å². The van der Waals surface area contributed by atoms with Crippen LogP contribution < -0.4 is 14.8 Å². The number of carbonyl (C=O) groups excluding carboxylic acids is 1. The number of nitrogens with zero attached hydrogens (tertiary/aromatic N) is 2. The van der Waals surface area contributed by atoms with E-state index in [1.807, 2.05) is 18.2 Å². The number of amides is 1. The van der Waals surface area contributed by atoms with Crippen LogP contribution in [0.15, 0.2) is 48.5 Å². The van der Waals surface area contributed by atoms with Crippen molar-refractivity contribution >= 4 is 11.6 Å². The normalized spacial score (nSPS) is 19.6. The molecule has 0 radical (unpaired) electrons. The summed E-state index contributed by atoms with van der Waals surface area (Å²) in [5.74, 6) is 1.42. The van der Waals surface area contributed by atoms with Gasteiger partial charge in [0, 0.05) is 36.9 Å². The molecule has 30 heavy (non-hydrogen) atoms. The Labute approximate surface area is 178 Å². The molecule has 0 bridgehead atoms. The summed E-state index contributed by atoms with van der Waals surface area (Å²) in [4.78, 5) is 17.5. The largest absolute Gasteiger partial charge is 0.486 e. The summed E-state index contributed by atoms with van der Waals surface area (Å²) in [6.07, 6.45) is 1.09. The lowest BCUT2D eigenvalue weighted by Gasteiger charge is -2.29. The molecule has 1 fully saturated rings. The van der Waals surface area contributed by atoms with Crippen molar-refractivity contribution < 1.29 is 14.3 Å². The van der Waals surface area contributed by atoms with Crippen LogP contribution in [-0.2, 0) is 4.79 Å². The number of likely N-dealkylation sites (N-methyl/N-ethyl adjacent to an activating group) is 1. The van der Waals surface area contributed by atoms with E-state index in [0.29, 0.717) is 37.6 Å². The standard InChI is InChI=1S/C24H31N3O3/c1-3-26(21-11-12-27(16-21)18(2)19-7-5-4-6-8-19)17-24(28)25-20-9-10-22-23(15-20)30-14-13-29-22/h4-10,15,18,21H,3,11-14,16-17H2,1-2H3,(H,25,28). The van der Waals surface area contributed by atoms with Gasteiger partial charge in [-0.25, -0.2) is 0 Å². The fourth-order valence-corrected chi connectivity index (χ4v) is 4.37. The predicted molar refractivity (Wildman–Crippen MR) is 118 cm³/mol. The third-order valence-electron chi connectivity index (χ3n) is 6.12. The van der Waals surface area contributed by atoms with Crippen LogP contribution in [0.3, 0.4) is 0 Å². The van der Waals surface area contributed by atoms with E-state index in [1.54, 1.807) is 0 Å². The molecular formula is C24H31N3O3. The van der Waals surface area contributed by atoms with Gasteiger partial charge >= 0.3 is 0 Å². The number of benzene rings is 2. The highest BCUT2D eigenvalue weighted by Crippen LogP contribution is 2.32. The van der Waals surface area contributed by atoms with Crippen LogP contribution >= 0.6 is 0 Å². The number of carbonyl (C=O) groups is 1. The van der Waals surface area contributed by atoms with Gasteiger partial charge in [-0.1, -0.05) is 37.3 Å². The molecule has 2 unspecified atom stereocenters. The van der Waals surface area contributed by atoms with Gasteiger partial charge < -0.3 is 14.8 Å². The molecule has 2 heterocycles. The summed E-state index contributed by atoms with van der Waals surface area (Å²) in [5, 5.41) is 3.01. The first-order chi connectivity index (χ1) is 14.6. The van der Waals surface area contributed by atoms with Gasteiger partial charge in [0.25, 0.3) is 0 Å². The van der Waals surface area contributed by atoms with Crippen LogP contribution in [0, 0.1) is 0 Å². The first kappa shape index (κ1) is 20.7. The second-order valence-corrected chi connectivity index (χ2v) is 7.99. The minimum atomic E-state index is 0.00286. The molecule has 6 heteroatoms. The summed E-state index contributed by atoms with van der Waals surface area (Å²) in [7, 11) is 0. The van der Waals surface area contributed by atoms with Crippen LogP contribution in [0.25, 0.3) is 0 Å². The average Bonchev–Trinajstić information content (AvgIpc) is 3.27. The third-order valence-corrected chi connectivity index (χ3v) is 6.12. The quantitative estimate of drug-likeness (QED) is 0.758. The van der Waals surface area contributed by atoms with E-state index < -0.39 is 0 Å². The first-order valence-corrected chi connectivity index (χ1v) is 10.9. The average molecular weight is 410 g/mol. The second kappa shape index (κ2) is 9.49. The Bertz CT molecular complexity index is 858. The van der Waals surface area contributed by atoms with Gasteiger partial charge in [0.1, 0.15) is 13.2 Å². The van der Waals surface area contributed by atoms with E-state index in [0.717, 1.165) is 37.5 Å². The molecule has 2 aromatic carbocycles. The smallest absolute Gasteiger partial charge is 0.238 e. The SMILES string of the molecule is CCN(CC(=O)Nc1ccc2c(c1)OCCO2)C1CCN(C(C)c2ccccc2)C1. The molecule has 2 aliphatic heterocycles. The number of anilines is 1. The Hall–Kier alpha value is -2.57. The Morgan fingerprint density at radius 3 is 2.70 bits per heavy atom. The lowest BCUT2D eigenvalue weighted by molar-refractivity contribution is -0.117. The number of likely N-dealkylation sites (tertiary alicyclic amines) is 1. The molecule has 2 atom stereocenters. The van der Waals surface area contributed by atoms with Gasteiger partial charge in [0.05, 0.1) is 6.54 Å². The molecule has 0 aromatic heterocycles. The molecule has 6 nitrogen and oxygen atoms in total. The topological polar surface area (TPSA) is 54.0 Å². The van der Waals surface area contributed by atoms with Crippen LogP contribution in [0.4, 0.5) is 5.69 Å². The lowest BCUT2D eigenvalue weighted by Crippen LogP contribution is -2.42. The zero-order chi connectivity index (χ0) is 20.9. The van der Waals surface area contributed by atoms with Crippen molar-refractivity contribution in [3.8, 4) is 11.5 Å². The molecule has 0 aliphatic carbocycles. The summed E-state index contributed by atoms with van der Waals surface area (Å²) >= 11 is 0. The molecule has 1 N–H and O–H groups in total. The van der Waals surface area contributed by atoms with Gasteiger partial charge in [-0.15, -0.1) is 0 Å². The molecule has 2 aromatic rings. The minimum absolute atomic E-state index is 0.00286. The van der Waals surface area contributed by atoms with Crippen molar-refractivity contribution in [3.05, 3.63) is 54.1 Å². The van der Waals surface area contributed by atoms with Crippen molar-refractivity contribution in [1.82, 2.24) is 9.80 Å². The monoisotopic (exact) mass is 409 g/mol. The predicted octanol–water partition coefficient (Wildman–Crippen LogP) is 3.55. The van der Waals surface area contributed by atoms with Crippen LogP contribution in [0.2, 0.25) is 0 Å². The molecule has 0 spiro atoms. The molecule has 2 aliphatic rings. The molecule has 1 saturated heterocycles. The van der Waals surface area contributed by atoms with Crippen molar-refractivity contribution in [2.45, 2.75) is 32.4 Å². The van der Waals surface area contributed by atoms with E-state index >= 15 is 0 Å². The highest BCUT2D eigenvalue weighted by molar-refractivity contribution is 5.92. The Balaban J connectivity index is 1.32. The maximum atomic E-state index is 12.7. The number of hydrogen-bond acceptors (Lipinski definition) is 5. The van der Waals surface area contributed by atoms with Crippen LogP contribution in [-0.4, -0.2) is 61.1 Å². The van der Waals surface area contributed by atoms with E-state index in [1.165, 1.54) is 5.56 Å². The highest BCUT2D eigenvalue weighted by atomic mass is 16.6.